The maximum atomic E-state index is 6.17. The van der Waals surface area contributed by atoms with Crippen LogP contribution in [0.25, 0.3) is 22.6 Å². The molecule has 5 heteroatoms. The third-order valence-corrected chi connectivity index (χ3v) is 3.52. The van der Waals surface area contributed by atoms with Crippen molar-refractivity contribution in [3.63, 3.8) is 0 Å². The van der Waals surface area contributed by atoms with Crippen LogP contribution in [0.2, 0.25) is 5.22 Å². The summed E-state index contributed by atoms with van der Waals surface area (Å²) in [5.41, 5.74) is 9.92. The number of furan rings is 1. The van der Waals surface area contributed by atoms with E-state index in [2.05, 4.69) is 5.10 Å². The Bertz CT molecular complexity index is 773. The van der Waals surface area contributed by atoms with Crippen LogP contribution in [0.3, 0.4) is 0 Å². The van der Waals surface area contributed by atoms with E-state index in [0.29, 0.717) is 22.5 Å². The van der Waals surface area contributed by atoms with Gasteiger partial charge in [-0.1, -0.05) is 24.3 Å². The van der Waals surface area contributed by atoms with Crippen LogP contribution in [0.4, 0.5) is 5.82 Å². The Hall–Kier alpha value is -2.20. The molecule has 0 atom stereocenters. The summed E-state index contributed by atoms with van der Waals surface area (Å²) in [7, 11) is 1.81. The lowest BCUT2D eigenvalue weighted by atomic mass is 9.99. The summed E-state index contributed by atoms with van der Waals surface area (Å²) < 4.78 is 7.12. The lowest BCUT2D eigenvalue weighted by Crippen LogP contribution is -1.98. The Balaban J connectivity index is 2.28. The van der Waals surface area contributed by atoms with E-state index in [9.17, 15) is 0 Å². The number of benzene rings is 1. The van der Waals surface area contributed by atoms with Gasteiger partial charge in [-0.05, 0) is 41.8 Å². The zero-order chi connectivity index (χ0) is 14.3. The molecule has 20 heavy (non-hydrogen) atoms. The van der Waals surface area contributed by atoms with Gasteiger partial charge in [-0.25, -0.2) is 0 Å². The number of aryl methyl sites for hydroxylation is 2. The molecule has 0 saturated carbocycles. The van der Waals surface area contributed by atoms with Crippen molar-refractivity contribution >= 4 is 17.4 Å². The van der Waals surface area contributed by atoms with E-state index in [4.69, 9.17) is 21.8 Å². The molecule has 0 amide bonds. The van der Waals surface area contributed by atoms with Crippen molar-refractivity contribution in [1.82, 2.24) is 9.78 Å². The fourth-order valence-corrected chi connectivity index (χ4v) is 2.42. The first-order chi connectivity index (χ1) is 9.58. The number of nitrogens with zero attached hydrogens (tertiary/aromatic N) is 2. The van der Waals surface area contributed by atoms with E-state index in [-0.39, 0.29) is 0 Å². The maximum Gasteiger partial charge on any atom is 0.194 e. The average molecular weight is 288 g/mol. The molecule has 0 saturated heterocycles. The minimum absolute atomic E-state index is 0.333. The van der Waals surface area contributed by atoms with Gasteiger partial charge in [0.05, 0.1) is 5.56 Å². The van der Waals surface area contributed by atoms with Crippen molar-refractivity contribution in [2.75, 3.05) is 5.73 Å². The van der Waals surface area contributed by atoms with Gasteiger partial charge in [-0.3, -0.25) is 4.68 Å². The van der Waals surface area contributed by atoms with Gasteiger partial charge in [-0.15, -0.1) is 0 Å². The van der Waals surface area contributed by atoms with Gasteiger partial charge in [0.2, 0.25) is 0 Å². The molecule has 2 aromatic heterocycles. The molecule has 0 fully saturated rings. The summed E-state index contributed by atoms with van der Waals surface area (Å²) in [6.45, 7) is 2.04. The average Bonchev–Trinajstić information content (AvgIpc) is 2.96. The lowest BCUT2D eigenvalue weighted by Gasteiger charge is -2.06. The summed E-state index contributed by atoms with van der Waals surface area (Å²) in [5.74, 6) is 1.21. The van der Waals surface area contributed by atoms with Crippen molar-refractivity contribution in [3.8, 4) is 22.6 Å². The molecule has 4 nitrogen and oxygen atoms in total. The van der Waals surface area contributed by atoms with E-state index >= 15 is 0 Å². The van der Waals surface area contributed by atoms with Gasteiger partial charge in [0.1, 0.15) is 11.5 Å². The predicted octanol–water partition coefficient (Wildman–Crippen LogP) is 3.89. The highest BCUT2D eigenvalue weighted by atomic mass is 35.5. The van der Waals surface area contributed by atoms with Crippen LogP contribution in [0, 0.1) is 6.92 Å². The molecule has 3 rings (SSSR count). The second kappa shape index (κ2) is 4.72. The molecule has 0 spiro atoms. The van der Waals surface area contributed by atoms with Crippen LogP contribution in [-0.4, -0.2) is 9.78 Å². The number of nitrogen functional groups attached to an aromatic ring is 1. The van der Waals surface area contributed by atoms with Gasteiger partial charge in [-0.2, -0.15) is 5.10 Å². The summed E-state index contributed by atoms with van der Waals surface area (Å²) >= 11 is 5.85. The quantitative estimate of drug-likeness (QED) is 0.778. The molecule has 0 radical (unpaired) electrons. The van der Waals surface area contributed by atoms with E-state index in [0.717, 1.165) is 16.7 Å². The second-order valence-electron chi connectivity index (χ2n) is 4.65. The third kappa shape index (κ3) is 1.98. The number of hydrogen-bond donors (Lipinski definition) is 1. The smallest absolute Gasteiger partial charge is 0.194 e. The topological polar surface area (TPSA) is 57.0 Å². The van der Waals surface area contributed by atoms with Gasteiger partial charge in [0.15, 0.2) is 11.0 Å². The first kappa shape index (κ1) is 12.8. The second-order valence-corrected chi connectivity index (χ2v) is 5.02. The van der Waals surface area contributed by atoms with E-state index in [1.807, 2.05) is 38.2 Å². The zero-order valence-electron chi connectivity index (χ0n) is 11.2. The Morgan fingerprint density at radius 2 is 1.95 bits per heavy atom. The van der Waals surface area contributed by atoms with Gasteiger partial charge in [0, 0.05) is 7.05 Å². The fourth-order valence-electron chi connectivity index (χ4n) is 2.27. The van der Waals surface area contributed by atoms with E-state index in [1.165, 1.54) is 0 Å². The van der Waals surface area contributed by atoms with Crippen molar-refractivity contribution in [1.29, 1.82) is 0 Å². The monoisotopic (exact) mass is 287 g/mol. The predicted molar refractivity (Wildman–Crippen MR) is 80.5 cm³/mol. The molecule has 2 heterocycles. The highest BCUT2D eigenvalue weighted by molar-refractivity contribution is 6.29. The Labute approximate surface area is 121 Å². The summed E-state index contributed by atoms with van der Waals surface area (Å²) in [6.07, 6.45) is 0. The normalized spacial score (nSPS) is 10.9. The fraction of sp³-hybridized carbons (Fsp3) is 0.133. The highest BCUT2D eigenvalue weighted by Crippen LogP contribution is 2.38. The van der Waals surface area contributed by atoms with Crippen LogP contribution in [-0.2, 0) is 7.05 Å². The van der Waals surface area contributed by atoms with Gasteiger partial charge < -0.3 is 10.2 Å². The number of aromatic nitrogens is 2. The third-order valence-electron chi connectivity index (χ3n) is 3.31. The molecule has 0 unspecified atom stereocenters. The first-order valence-corrected chi connectivity index (χ1v) is 6.60. The largest absolute Gasteiger partial charge is 0.443 e. The maximum absolute atomic E-state index is 6.17. The Morgan fingerprint density at radius 1 is 1.20 bits per heavy atom. The van der Waals surface area contributed by atoms with Crippen molar-refractivity contribution in [2.24, 2.45) is 7.05 Å². The van der Waals surface area contributed by atoms with Crippen molar-refractivity contribution in [2.45, 2.75) is 6.92 Å². The number of anilines is 1. The summed E-state index contributed by atoms with van der Waals surface area (Å²) in [6, 6.07) is 11.5. The van der Waals surface area contributed by atoms with Crippen LogP contribution in [0.1, 0.15) is 5.56 Å². The first-order valence-electron chi connectivity index (χ1n) is 6.22. The van der Waals surface area contributed by atoms with Crippen LogP contribution < -0.4 is 5.73 Å². The molecule has 1 aromatic carbocycles. The number of nitrogens with two attached hydrogens (primary N) is 1. The minimum atomic E-state index is 0.333. The van der Waals surface area contributed by atoms with Gasteiger partial charge >= 0.3 is 0 Å². The molecular weight excluding hydrogens is 274 g/mol. The van der Waals surface area contributed by atoms with Crippen LogP contribution >= 0.6 is 11.6 Å². The molecule has 102 valence electrons. The van der Waals surface area contributed by atoms with Crippen molar-refractivity contribution < 1.29 is 4.42 Å². The molecule has 0 aliphatic carbocycles. The molecule has 2 N–H and O–H groups in total. The van der Waals surface area contributed by atoms with E-state index in [1.54, 1.807) is 16.8 Å². The van der Waals surface area contributed by atoms with Crippen LogP contribution in [0.15, 0.2) is 40.8 Å². The number of halogens is 1. The molecule has 0 aliphatic heterocycles. The van der Waals surface area contributed by atoms with Crippen molar-refractivity contribution in [3.05, 3.63) is 47.2 Å². The molecular formula is C15H14ClN3O. The molecule has 0 aliphatic rings. The Kier molecular flexibility index (Phi) is 3.03. The highest BCUT2D eigenvalue weighted by Gasteiger charge is 2.20. The lowest BCUT2D eigenvalue weighted by molar-refractivity contribution is 0.580. The molecule has 0 bridgehead atoms. The SMILES string of the molecule is Cc1ccccc1-c1c(-c2ccc(Cl)o2)nn(C)c1N. The van der Waals surface area contributed by atoms with Crippen LogP contribution in [0.5, 0.6) is 0 Å². The number of hydrogen-bond acceptors (Lipinski definition) is 3. The summed E-state index contributed by atoms with van der Waals surface area (Å²) in [5, 5.41) is 4.78. The zero-order valence-corrected chi connectivity index (χ0v) is 12.0. The standard InChI is InChI=1S/C15H14ClN3O/c1-9-5-3-4-6-10(9)13-14(18-19(2)15(13)17)11-7-8-12(16)20-11/h3-8H,17H2,1-2H3. The van der Waals surface area contributed by atoms with Gasteiger partial charge in [0.25, 0.3) is 0 Å². The summed E-state index contributed by atoms with van der Waals surface area (Å²) in [4.78, 5) is 0. The van der Waals surface area contributed by atoms with E-state index < -0.39 is 0 Å². The Morgan fingerprint density at radius 3 is 2.60 bits per heavy atom. The minimum Gasteiger partial charge on any atom is -0.443 e. The number of rotatable bonds is 2. The molecule has 3 aromatic rings.